The summed E-state index contributed by atoms with van der Waals surface area (Å²) in [7, 11) is 1.66. The smallest absolute Gasteiger partial charge is 0.261 e. The summed E-state index contributed by atoms with van der Waals surface area (Å²) in [5.74, 6) is 1.47. The molecule has 28 heavy (non-hydrogen) atoms. The van der Waals surface area contributed by atoms with Gasteiger partial charge in [-0.25, -0.2) is 4.98 Å². The van der Waals surface area contributed by atoms with E-state index in [1.54, 1.807) is 18.4 Å². The van der Waals surface area contributed by atoms with Crippen LogP contribution in [0.2, 0.25) is 0 Å². The molecule has 2 aromatic heterocycles. The molecule has 1 saturated carbocycles. The van der Waals surface area contributed by atoms with Crippen LogP contribution in [0.3, 0.4) is 0 Å². The van der Waals surface area contributed by atoms with Gasteiger partial charge in [-0.1, -0.05) is 23.5 Å². The highest BCUT2D eigenvalue weighted by Crippen LogP contribution is 2.38. The molecule has 1 atom stereocenters. The summed E-state index contributed by atoms with van der Waals surface area (Å²) >= 11 is 1.56. The summed E-state index contributed by atoms with van der Waals surface area (Å²) in [5.41, 5.74) is 0.857. The summed E-state index contributed by atoms with van der Waals surface area (Å²) in [5, 5.41) is 11.1. The van der Waals surface area contributed by atoms with Gasteiger partial charge in [0.2, 0.25) is 5.13 Å². The number of anilines is 1. The first-order valence-corrected chi connectivity index (χ1v) is 10.6. The summed E-state index contributed by atoms with van der Waals surface area (Å²) in [4.78, 5) is 20.5. The maximum absolute atomic E-state index is 13.3. The van der Waals surface area contributed by atoms with E-state index in [9.17, 15) is 4.79 Å². The van der Waals surface area contributed by atoms with Crippen LogP contribution in [-0.4, -0.2) is 33.4 Å². The van der Waals surface area contributed by atoms with Crippen LogP contribution in [0, 0.1) is 5.92 Å². The summed E-state index contributed by atoms with van der Waals surface area (Å²) in [6.45, 7) is 2.14. The molecular weight excluding hydrogens is 374 g/mol. The van der Waals surface area contributed by atoms with Gasteiger partial charge in [0, 0.05) is 20.2 Å². The Morgan fingerprint density at radius 3 is 2.89 bits per heavy atom. The number of aromatic nitrogens is 4. The molecule has 0 bridgehead atoms. The first-order chi connectivity index (χ1) is 13.7. The van der Waals surface area contributed by atoms with E-state index < -0.39 is 0 Å². The summed E-state index contributed by atoms with van der Waals surface area (Å²) < 4.78 is 7.11. The van der Waals surface area contributed by atoms with E-state index in [1.165, 1.54) is 12.8 Å². The zero-order chi connectivity index (χ0) is 19.1. The normalized spacial score (nSPS) is 19.6. The van der Waals surface area contributed by atoms with Crippen LogP contribution in [0.5, 0.6) is 0 Å². The van der Waals surface area contributed by atoms with Crippen molar-refractivity contribution in [2.24, 2.45) is 5.92 Å². The molecule has 7 nitrogen and oxygen atoms in total. The van der Waals surface area contributed by atoms with E-state index >= 15 is 0 Å². The van der Waals surface area contributed by atoms with Crippen molar-refractivity contribution >= 4 is 27.4 Å². The molecule has 8 heteroatoms. The second kappa shape index (κ2) is 7.25. The molecule has 2 fully saturated rings. The first kappa shape index (κ1) is 17.8. The molecule has 0 spiro atoms. The lowest BCUT2D eigenvalue weighted by Gasteiger charge is -2.26. The van der Waals surface area contributed by atoms with Crippen molar-refractivity contribution in [2.75, 3.05) is 18.6 Å². The predicted molar refractivity (Wildman–Crippen MR) is 109 cm³/mol. The van der Waals surface area contributed by atoms with E-state index in [1.807, 2.05) is 28.8 Å². The third kappa shape index (κ3) is 3.20. The fraction of sp³-hybridized carbons (Fsp3) is 0.500. The van der Waals surface area contributed by atoms with Crippen molar-refractivity contribution in [3.8, 4) is 0 Å². The lowest BCUT2D eigenvalue weighted by Crippen LogP contribution is -2.32. The van der Waals surface area contributed by atoms with Crippen LogP contribution in [0.25, 0.3) is 10.9 Å². The fourth-order valence-electron chi connectivity index (χ4n) is 3.98. The number of para-hydroxylation sites is 1. The van der Waals surface area contributed by atoms with Gasteiger partial charge in [-0.05, 0) is 43.7 Å². The lowest BCUT2D eigenvalue weighted by atomic mass is 10.1. The molecule has 1 aliphatic carbocycles. The maximum atomic E-state index is 13.3. The largest absolute Gasteiger partial charge is 0.377 e. The minimum Gasteiger partial charge on any atom is -0.377 e. The third-order valence-corrected chi connectivity index (χ3v) is 6.48. The average molecular weight is 398 g/mol. The van der Waals surface area contributed by atoms with Gasteiger partial charge in [0.1, 0.15) is 17.4 Å². The van der Waals surface area contributed by atoms with Crippen molar-refractivity contribution < 1.29 is 4.74 Å². The molecule has 146 valence electrons. The van der Waals surface area contributed by atoms with Crippen molar-refractivity contribution in [3.05, 3.63) is 45.5 Å². The predicted octanol–water partition coefficient (Wildman–Crippen LogP) is 3.15. The van der Waals surface area contributed by atoms with Crippen LogP contribution in [0.4, 0.5) is 5.13 Å². The van der Waals surface area contributed by atoms with Crippen LogP contribution >= 0.6 is 11.3 Å². The van der Waals surface area contributed by atoms with Gasteiger partial charge in [0.15, 0.2) is 0 Å². The Morgan fingerprint density at radius 1 is 1.21 bits per heavy atom. The Morgan fingerprint density at radius 2 is 2.07 bits per heavy atom. The topological polar surface area (TPSA) is 73.1 Å². The Kier molecular flexibility index (Phi) is 4.60. The number of ether oxygens (including phenoxy) is 1. The second-order valence-electron chi connectivity index (χ2n) is 7.61. The van der Waals surface area contributed by atoms with Crippen LogP contribution in [0.1, 0.15) is 42.6 Å². The lowest BCUT2D eigenvalue weighted by molar-refractivity contribution is 0.184. The van der Waals surface area contributed by atoms with E-state index in [4.69, 9.17) is 9.72 Å². The SMILES string of the molecule is COCc1nnc(N2CCCC2c2nc3ccccc3c(=O)n2CC2CC2)s1. The molecular formula is C20H23N5O2S. The van der Waals surface area contributed by atoms with Crippen molar-refractivity contribution in [1.82, 2.24) is 19.7 Å². The number of methoxy groups -OCH3 is 1. The molecule has 1 aliphatic heterocycles. The van der Waals surface area contributed by atoms with Crippen LogP contribution < -0.4 is 10.5 Å². The van der Waals surface area contributed by atoms with Gasteiger partial charge >= 0.3 is 0 Å². The van der Waals surface area contributed by atoms with Crippen molar-refractivity contribution in [2.45, 2.75) is 44.9 Å². The number of rotatable bonds is 6. The molecule has 1 unspecified atom stereocenters. The molecule has 0 radical (unpaired) electrons. The van der Waals surface area contributed by atoms with Crippen molar-refractivity contribution in [1.29, 1.82) is 0 Å². The quantitative estimate of drug-likeness (QED) is 0.636. The minimum absolute atomic E-state index is 0.0550. The van der Waals surface area contributed by atoms with Crippen LogP contribution in [-0.2, 0) is 17.9 Å². The van der Waals surface area contributed by atoms with E-state index in [-0.39, 0.29) is 11.6 Å². The molecule has 5 rings (SSSR count). The third-order valence-electron chi connectivity index (χ3n) is 5.55. The standard InChI is InChI=1S/C20H23N5O2S/c1-27-12-17-22-23-20(28-17)24-10-4-7-16(24)18-21-15-6-3-2-5-14(15)19(26)25(18)11-13-8-9-13/h2-3,5-6,13,16H,4,7-12H2,1H3. The molecule has 3 heterocycles. The number of hydrogen-bond acceptors (Lipinski definition) is 7. The maximum Gasteiger partial charge on any atom is 0.261 e. The highest BCUT2D eigenvalue weighted by Gasteiger charge is 2.34. The molecule has 2 aliphatic rings. The number of benzene rings is 1. The zero-order valence-electron chi connectivity index (χ0n) is 15.9. The highest BCUT2D eigenvalue weighted by molar-refractivity contribution is 7.15. The Labute approximate surface area is 167 Å². The highest BCUT2D eigenvalue weighted by atomic mass is 32.1. The molecule has 1 saturated heterocycles. The zero-order valence-corrected chi connectivity index (χ0v) is 16.7. The van der Waals surface area contributed by atoms with E-state index in [0.29, 0.717) is 17.9 Å². The average Bonchev–Trinajstić information content (AvgIpc) is 3.19. The van der Waals surface area contributed by atoms with Gasteiger partial charge in [0.05, 0.1) is 16.9 Å². The van der Waals surface area contributed by atoms with Gasteiger partial charge in [-0.15, -0.1) is 10.2 Å². The van der Waals surface area contributed by atoms with E-state index in [2.05, 4.69) is 15.1 Å². The Hall–Kier alpha value is -2.32. The van der Waals surface area contributed by atoms with Crippen molar-refractivity contribution in [3.63, 3.8) is 0 Å². The first-order valence-electron chi connectivity index (χ1n) is 9.82. The molecule has 0 amide bonds. The monoisotopic (exact) mass is 397 g/mol. The molecule has 1 aromatic carbocycles. The Bertz CT molecular complexity index is 1060. The second-order valence-corrected chi connectivity index (χ2v) is 8.65. The van der Waals surface area contributed by atoms with Gasteiger partial charge < -0.3 is 9.64 Å². The molecule has 0 N–H and O–H groups in total. The van der Waals surface area contributed by atoms with Gasteiger partial charge in [-0.2, -0.15) is 0 Å². The summed E-state index contributed by atoms with van der Waals surface area (Å²) in [6, 6.07) is 7.72. The van der Waals surface area contributed by atoms with Gasteiger partial charge in [-0.3, -0.25) is 9.36 Å². The Balaban J connectivity index is 1.59. The number of nitrogens with zero attached hydrogens (tertiary/aromatic N) is 5. The van der Waals surface area contributed by atoms with E-state index in [0.717, 1.165) is 47.4 Å². The molecule has 3 aromatic rings. The minimum atomic E-state index is 0.0550. The number of hydrogen-bond donors (Lipinski definition) is 0. The summed E-state index contributed by atoms with van der Waals surface area (Å²) in [6.07, 6.45) is 4.42. The van der Waals surface area contributed by atoms with Gasteiger partial charge in [0.25, 0.3) is 5.56 Å². The fourth-order valence-corrected chi connectivity index (χ4v) is 4.87. The van der Waals surface area contributed by atoms with Crippen LogP contribution in [0.15, 0.2) is 29.1 Å². The number of fused-ring (bicyclic) bond motifs is 1.